The van der Waals surface area contributed by atoms with E-state index in [0.717, 1.165) is 25.2 Å². The molecule has 0 aromatic carbocycles. The van der Waals surface area contributed by atoms with E-state index in [2.05, 4.69) is 22.1 Å². The molecule has 0 unspecified atom stereocenters. The summed E-state index contributed by atoms with van der Waals surface area (Å²) in [6, 6.07) is 0. The predicted octanol–water partition coefficient (Wildman–Crippen LogP) is 2.05. The zero-order valence-electron chi connectivity index (χ0n) is 11.5. The second-order valence-electron chi connectivity index (χ2n) is 5.22. The van der Waals surface area contributed by atoms with Crippen molar-refractivity contribution < 1.29 is 5.21 Å². The third kappa shape index (κ3) is 3.96. The summed E-state index contributed by atoms with van der Waals surface area (Å²) < 4.78 is 0. The minimum Gasteiger partial charge on any atom is -0.409 e. The Hall–Kier alpha value is -1.14. The predicted molar refractivity (Wildman–Crippen MR) is 75.0 cm³/mol. The van der Waals surface area contributed by atoms with Crippen molar-refractivity contribution in [2.24, 2.45) is 16.3 Å². The average Bonchev–Trinajstić information content (AvgIpc) is 2.71. The Morgan fingerprint density at radius 1 is 1.61 bits per heavy atom. The fourth-order valence-corrected chi connectivity index (χ4v) is 2.39. The van der Waals surface area contributed by atoms with Gasteiger partial charge in [0.2, 0.25) is 0 Å². The Bertz CT molecular complexity index is 414. The molecule has 0 bridgehead atoms. The molecule has 0 amide bonds. The summed E-state index contributed by atoms with van der Waals surface area (Å²) in [5, 5.41) is 11.8. The van der Waals surface area contributed by atoms with Crippen molar-refractivity contribution in [1.29, 1.82) is 0 Å². The summed E-state index contributed by atoms with van der Waals surface area (Å²) in [5.41, 5.74) is 8.36. The lowest BCUT2D eigenvalue weighted by Crippen LogP contribution is -2.35. The lowest BCUT2D eigenvalue weighted by Gasteiger charge is -2.26. The summed E-state index contributed by atoms with van der Waals surface area (Å²) in [4.78, 5) is 7.76. The highest BCUT2D eigenvalue weighted by molar-refractivity contribution is 7.09. The molecule has 6 heteroatoms. The summed E-state index contributed by atoms with van der Waals surface area (Å²) in [6.07, 6.45) is 0.844. The SMILES string of the molecule is Cc1ncsc1CN(C)CCC(C)(C)C(N)=NO. The Labute approximate surface area is 112 Å². The van der Waals surface area contributed by atoms with Crippen molar-refractivity contribution in [2.75, 3.05) is 13.6 Å². The van der Waals surface area contributed by atoms with Crippen molar-refractivity contribution in [3.8, 4) is 0 Å². The van der Waals surface area contributed by atoms with Gasteiger partial charge in [0.15, 0.2) is 0 Å². The van der Waals surface area contributed by atoms with Crippen LogP contribution in [0.2, 0.25) is 0 Å². The number of amidine groups is 1. The highest BCUT2D eigenvalue weighted by Crippen LogP contribution is 2.21. The van der Waals surface area contributed by atoms with Gasteiger partial charge in [-0.25, -0.2) is 4.98 Å². The largest absolute Gasteiger partial charge is 0.409 e. The van der Waals surface area contributed by atoms with E-state index in [9.17, 15) is 0 Å². The van der Waals surface area contributed by atoms with Crippen LogP contribution in [0.4, 0.5) is 0 Å². The number of aromatic nitrogens is 1. The fourth-order valence-electron chi connectivity index (χ4n) is 1.54. The highest BCUT2D eigenvalue weighted by atomic mass is 32.1. The third-order valence-electron chi connectivity index (χ3n) is 3.18. The van der Waals surface area contributed by atoms with Crippen LogP contribution < -0.4 is 5.73 Å². The number of nitrogens with zero attached hydrogens (tertiary/aromatic N) is 3. The van der Waals surface area contributed by atoms with E-state index in [4.69, 9.17) is 10.9 Å². The molecule has 3 N–H and O–H groups in total. The lowest BCUT2D eigenvalue weighted by atomic mass is 9.88. The lowest BCUT2D eigenvalue weighted by molar-refractivity contribution is 0.273. The molecule has 1 heterocycles. The number of hydrogen-bond acceptors (Lipinski definition) is 5. The van der Waals surface area contributed by atoms with Gasteiger partial charge in [0.05, 0.1) is 11.2 Å². The second-order valence-corrected chi connectivity index (χ2v) is 6.16. The molecule has 102 valence electrons. The maximum absolute atomic E-state index is 8.72. The van der Waals surface area contributed by atoms with Gasteiger partial charge in [-0.1, -0.05) is 19.0 Å². The first kappa shape index (κ1) is 14.9. The normalized spacial score (nSPS) is 13.3. The van der Waals surface area contributed by atoms with Crippen molar-refractivity contribution in [3.63, 3.8) is 0 Å². The fraction of sp³-hybridized carbons (Fsp3) is 0.667. The first-order chi connectivity index (χ1) is 8.36. The van der Waals surface area contributed by atoms with Crippen LogP contribution in [0.15, 0.2) is 10.7 Å². The summed E-state index contributed by atoms with van der Waals surface area (Å²) in [5.74, 6) is 0.282. The van der Waals surface area contributed by atoms with Crippen LogP contribution in [0, 0.1) is 12.3 Å². The van der Waals surface area contributed by atoms with Gasteiger partial charge >= 0.3 is 0 Å². The van der Waals surface area contributed by atoms with Gasteiger partial charge in [-0.3, -0.25) is 0 Å². The zero-order valence-corrected chi connectivity index (χ0v) is 12.3. The van der Waals surface area contributed by atoms with Crippen LogP contribution in [-0.2, 0) is 6.54 Å². The van der Waals surface area contributed by atoms with E-state index >= 15 is 0 Å². The summed E-state index contributed by atoms with van der Waals surface area (Å²) >= 11 is 1.68. The van der Waals surface area contributed by atoms with Gasteiger partial charge in [-0.2, -0.15) is 0 Å². The summed E-state index contributed by atoms with van der Waals surface area (Å²) in [7, 11) is 2.07. The molecule has 0 aliphatic carbocycles. The van der Waals surface area contributed by atoms with Crippen LogP contribution in [0.25, 0.3) is 0 Å². The number of nitrogens with two attached hydrogens (primary N) is 1. The topological polar surface area (TPSA) is 74.7 Å². The molecule has 0 saturated heterocycles. The smallest absolute Gasteiger partial charge is 0.144 e. The van der Waals surface area contributed by atoms with Crippen molar-refractivity contribution in [2.45, 2.75) is 33.7 Å². The molecular weight excluding hydrogens is 248 g/mol. The quantitative estimate of drug-likeness (QED) is 0.359. The van der Waals surface area contributed by atoms with Gasteiger partial charge in [0.1, 0.15) is 5.84 Å². The molecule has 1 aromatic rings. The maximum Gasteiger partial charge on any atom is 0.144 e. The van der Waals surface area contributed by atoms with Crippen LogP contribution in [0.3, 0.4) is 0 Å². The molecule has 0 spiro atoms. The molecule has 1 aromatic heterocycles. The van der Waals surface area contributed by atoms with Crippen LogP contribution >= 0.6 is 11.3 Å². The van der Waals surface area contributed by atoms with Crippen LogP contribution in [0.1, 0.15) is 30.8 Å². The van der Waals surface area contributed by atoms with E-state index in [1.807, 2.05) is 26.3 Å². The highest BCUT2D eigenvalue weighted by Gasteiger charge is 2.23. The Morgan fingerprint density at radius 2 is 2.28 bits per heavy atom. The van der Waals surface area contributed by atoms with Gasteiger partial charge in [-0.15, -0.1) is 11.3 Å². The molecule has 5 nitrogen and oxygen atoms in total. The molecule has 0 fully saturated rings. The maximum atomic E-state index is 8.72. The van der Waals surface area contributed by atoms with Gasteiger partial charge in [-0.05, 0) is 26.9 Å². The van der Waals surface area contributed by atoms with Crippen molar-refractivity contribution in [3.05, 3.63) is 16.1 Å². The average molecular weight is 270 g/mol. The minimum atomic E-state index is -0.286. The molecule has 1 rings (SSSR count). The monoisotopic (exact) mass is 270 g/mol. The molecular formula is C12H22N4OS. The van der Waals surface area contributed by atoms with Gasteiger partial charge < -0.3 is 15.8 Å². The number of hydrogen-bond donors (Lipinski definition) is 2. The first-order valence-electron chi connectivity index (χ1n) is 5.92. The van der Waals surface area contributed by atoms with Gasteiger partial charge in [0.25, 0.3) is 0 Å². The third-order valence-corrected chi connectivity index (χ3v) is 4.10. The van der Waals surface area contributed by atoms with E-state index in [0.29, 0.717) is 0 Å². The zero-order chi connectivity index (χ0) is 13.8. The van der Waals surface area contributed by atoms with E-state index in [1.165, 1.54) is 4.88 Å². The molecule has 0 aliphatic rings. The number of thiazole rings is 1. The van der Waals surface area contributed by atoms with E-state index in [-0.39, 0.29) is 11.3 Å². The van der Waals surface area contributed by atoms with E-state index < -0.39 is 0 Å². The Morgan fingerprint density at radius 3 is 2.78 bits per heavy atom. The first-order valence-corrected chi connectivity index (χ1v) is 6.80. The minimum absolute atomic E-state index is 0.282. The molecule has 0 atom stereocenters. The molecule has 18 heavy (non-hydrogen) atoms. The molecule has 0 aliphatic heterocycles. The van der Waals surface area contributed by atoms with Crippen molar-refractivity contribution in [1.82, 2.24) is 9.88 Å². The Balaban J connectivity index is 2.47. The molecule has 0 radical (unpaired) electrons. The number of aryl methyl sites for hydroxylation is 1. The van der Waals surface area contributed by atoms with Gasteiger partial charge in [0, 0.05) is 16.8 Å². The number of oxime groups is 1. The van der Waals surface area contributed by atoms with Crippen LogP contribution in [0.5, 0.6) is 0 Å². The second kappa shape index (κ2) is 6.15. The standard InChI is InChI=1S/C12H22N4OS/c1-9-10(18-8-14-9)7-16(4)6-5-12(2,3)11(13)15-17/h8,17H,5-7H2,1-4H3,(H2,13,15). The number of rotatable bonds is 6. The molecule has 0 saturated carbocycles. The Kier molecular flexibility index (Phi) is 5.10. The van der Waals surface area contributed by atoms with E-state index in [1.54, 1.807) is 11.3 Å². The van der Waals surface area contributed by atoms with Crippen molar-refractivity contribution >= 4 is 17.2 Å². The van der Waals surface area contributed by atoms with Crippen LogP contribution in [-0.4, -0.2) is 34.5 Å². The summed E-state index contributed by atoms with van der Waals surface area (Å²) in [6.45, 7) is 7.77.